The van der Waals surface area contributed by atoms with Gasteiger partial charge in [-0.1, -0.05) is 13.0 Å². The van der Waals surface area contributed by atoms with Crippen molar-refractivity contribution in [3.63, 3.8) is 0 Å². The molecule has 0 saturated heterocycles. The summed E-state index contributed by atoms with van der Waals surface area (Å²) in [5, 5.41) is 12.8. The highest BCUT2D eigenvalue weighted by Gasteiger charge is 2.16. The Kier molecular flexibility index (Phi) is 3.69. The lowest BCUT2D eigenvalue weighted by Crippen LogP contribution is -2.32. The molecular weight excluding hydrogens is 193 g/mol. The number of benzene rings is 1. The summed E-state index contributed by atoms with van der Waals surface area (Å²) in [5.41, 5.74) is 0.580. The maximum Gasteiger partial charge on any atom is 0.128 e. The van der Waals surface area contributed by atoms with E-state index in [1.165, 1.54) is 6.07 Å². The summed E-state index contributed by atoms with van der Waals surface area (Å²) in [7, 11) is 0. The molecule has 0 fully saturated rings. The Morgan fingerprint density at radius 1 is 1.47 bits per heavy atom. The van der Waals surface area contributed by atoms with E-state index in [-0.39, 0.29) is 5.82 Å². The number of hydrogen-bond donors (Lipinski definition) is 2. The number of anilines is 1. The van der Waals surface area contributed by atoms with Crippen LogP contribution < -0.4 is 5.32 Å². The highest BCUT2D eigenvalue weighted by atomic mass is 19.1. The van der Waals surface area contributed by atoms with Gasteiger partial charge in [-0.15, -0.1) is 0 Å². The predicted octanol–water partition coefficient (Wildman–Crippen LogP) is 2.71. The molecule has 1 aromatic rings. The molecule has 0 amide bonds. The minimum absolute atomic E-state index is 0.226. The van der Waals surface area contributed by atoms with Crippen LogP contribution in [0.25, 0.3) is 0 Å². The number of aliphatic hydroxyl groups is 1. The number of hydrogen-bond acceptors (Lipinski definition) is 2. The maximum atomic E-state index is 13.2. The molecule has 1 rings (SSSR count). The van der Waals surface area contributed by atoms with Crippen molar-refractivity contribution in [3.8, 4) is 0 Å². The van der Waals surface area contributed by atoms with Crippen LogP contribution in [0, 0.1) is 12.7 Å². The Bertz CT molecular complexity index is 336. The first-order valence-corrected chi connectivity index (χ1v) is 5.17. The minimum atomic E-state index is -0.749. The molecule has 2 N–H and O–H groups in total. The molecule has 0 heterocycles. The highest BCUT2D eigenvalue weighted by molar-refractivity contribution is 5.45. The van der Waals surface area contributed by atoms with Crippen molar-refractivity contribution in [2.45, 2.75) is 32.8 Å². The number of halogens is 1. The summed E-state index contributed by atoms with van der Waals surface area (Å²) >= 11 is 0. The molecule has 0 spiro atoms. The molecule has 0 aliphatic heterocycles. The second kappa shape index (κ2) is 4.62. The van der Waals surface area contributed by atoms with Gasteiger partial charge in [-0.2, -0.15) is 0 Å². The molecule has 2 nitrogen and oxygen atoms in total. The fraction of sp³-hybridized carbons (Fsp3) is 0.500. The second-order valence-electron chi connectivity index (χ2n) is 4.17. The van der Waals surface area contributed by atoms with Crippen LogP contribution in [0.4, 0.5) is 10.1 Å². The summed E-state index contributed by atoms with van der Waals surface area (Å²) < 4.78 is 13.2. The Hall–Kier alpha value is -1.09. The maximum absolute atomic E-state index is 13.2. The number of rotatable bonds is 4. The number of nitrogens with one attached hydrogen (secondary N) is 1. The smallest absolute Gasteiger partial charge is 0.128 e. The topological polar surface area (TPSA) is 32.3 Å². The minimum Gasteiger partial charge on any atom is -0.388 e. The lowest BCUT2D eigenvalue weighted by molar-refractivity contribution is 0.0697. The Balaban J connectivity index is 2.62. The lowest BCUT2D eigenvalue weighted by Gasteiger charge is -2.22. The van der Waals surface area contributed by atoms with Crippen LogP contribution in [-0.4, -0.2) is 17.3 Å². The molecule has 0 aliphatic carbocycles. The molecule has 1 atom stereocenters. The third-order valence-corrected chi connectivity index (χ3v) is 2.61. The van der Waals surface area contributed by atoms with Crippen LogP contribution in [0.3, 0.4) is 0 Å². The van der Waals surface area contributed by atoms with Crippen molar-refractivity contribution in [1.82, 2.24) is 0 Å². The van der Waals surface area contributed by atoms with Gasteiger partial charge in [-0.25, -0.2) is 4.39 Å². The van der Waals surface area contributed by atoms with Gasteiger partial charge in [0.1, 0.15) is 5.82 Å². The van der Waals surface area contributed by atoms with E-state index in [1.807, 2.05) is 13.0 Å². The molecule has 0 aliphatic rings. The zero-order valence-corrected chi connectivity index (χ0v) is 9.47. The highest BCUT2D eigenvalue weighted by Crippen LogP contribution is 2.15. The Labute approximate surface area is 90.1 Å². The van der Waals surface area contributed by atoms with Gasteiger partial charge in [-0.3, -0.25) is 0 Å². The SMILES string of the molecule is CCC(C)(O)CNc1ccc(C)c(F)c1. The van der Waals surface area contributed by atoms with Crippen LogP contribution in [0.1, 0.15) is 25.8 Å². The lowest BCUT2D eigenvalue weighted by atomic mass is 10.0. The predicted molar refractivity (Wildman–Crippen MR) is 60.5 cm³/mol. The van der Waals surface area contributed by atoms with Crippen LogP contribution in [-0.2, 0) is 0 Å². The molecule has 1 unspecified atom stereocenters. The third kappa shape index (κ3) is 3.51. The molecule has 15 heavy (non-hydrogen) atoms. The van der Waals surface area contributed by atoms with Crippen LogP contribution >= 0.6 is 0 Å². The molecule has 1 aromatic carbocycles. The average molecular weight is 211 g/mol. The van der Waals surface area contributed by atoms with E-state index in [1.54, 1.807) is 19.9 Å². The van der Waals surface area contributed by atoms with Crippen molar-refractivity contribution in [2.75, 3.05) is 11.9 Å². The molecule has 0 bridgehead atoms. The van der Waals surface area contributed by atoms with Gasteiger partial charge in [0.15, 0.2) is 0 Å². The zero-order valence-electron chi connectivity index (χ0n) is 9.47. The molecule has 0 radical (unpaired) electrons. The van der Waals surface area contributed by atoms with Gasteiger partial charge in [0, 0.05) is 12.2 Å². The normalized spacial score (nSPS) is 14.7. The summed E-state index contributed by atoms with van der Waals surface area (Å²) in [6, 6.07) is 4.98. The second-order valence-corrected chi connectivity index (χ2v) is 4.17. The standard InChI is InChI=1S/C12H18FNO/c1-4-12(3,15)8-14-10-6-5-9(2)11(13)7-10/h5-7,14-15H,4,8H2,1-3H3. The van der Waals surface area contributed by atoms with E-state index >= 15 is 0 Å². The van der Waals surface area contributed by atoms with E-state index < -0.39 is 5.60 Å². The first-order valence-electron chi connectivity index (χ1n) is 5.17. The van der Waals surface area contributed by atoms with Crippen LogP contribution in [0.5, 0.6) is 0 Å². The average Bonchev–Trinajstić information content (AvgIpc) is 2.20. The van der Waals surface area contributed by atoms with Gasteiger partial charge in [-0.05, 0) is 38.0 Å². The van der Waals surface area contributed by atoms with Crippen molar-refractivity contribution >= 4 is 5.69 Å². The summed E-state index contributed by atoms with van der Waals surface area (Å²) in [6.45, 7) is 5.81. The molecule has 0 aromatic heterocycles. The third-order valence-electron chi connectivity index (χ3n) is 2.61. The fourth-order valence-corrected chi connectivity index (χ4v) is 1.12. The fourth-order valence-electron chi connectivity index (χ4n) is 1.12. The van der Waals surface area contributed by atoms with E-state index in [2.05, 4.69) is 5.32 Å². The zero-order chi connectivity index (χ0) is 11.5. The van der Waals surface area contributed by atoms with Gasteiger partial charge in [0.25, 0.3) is 0 Å². The van der Waals surface area contributed by atoms with Crippen molar-refractivity contribution in [1.29, 1.82) is 0 Å². The first kappa shape index (κ1) is 12.0. The first-order chi connectivity index (χ1) is 6.94. The van der Waals surface area contributed by atoms with Gasteiger partial charge >= 0.3 is 0 Å². The molecule has 0 saturated carbocycles. The van der Waals surface area contributed by atoms with Gasteiger partial charge in [0.05, 0.1) is 5.60 Å². The number of aryl methyl sites for hydroxylation is 1. The van der Waals surface area contributed by atoms with Crippen molar-refractivity contribution in [3.05, 3.63) is 29.6 Å². The Morgan fingerprint density at radius 3 is 2.67 bits per heavy atom. The quantitative estimate of drug-likeness (QED) is 0.802. The van der Waals surface area contributed by atoms with E-state index in [0.29, 0.717) is 24.2 Å². The Morgan fingerprint density at radius 2 is 2.13 bits per heavy atom. The summed E-state index contributed by atoms with van der Waals surface area (Å²) in [5.74, 6) is -0.226. The largest absolute Gasteiger partial charge is 0.388 e. The summed E-state index contributed by atoms with van der Waals surface area (Å²) in [4.78, 5) is 0. The van der Waals surface area contributed by atoms with Crippen molar-refractivity contribution < 1.29 is 9.50 Å². The van der Waals surface area contributed by atoms with Crippen LogP contribution in [0.15, 0.2) is 18.2 Å². The molecule has 84 valence electrons. The molecular formula is C12H18FNO. The van der Waals surface area contributed by atoms with E-state index in [0.717, 1.165) is 0 Å². The van der Waals surface area contributed by atoms with Gasteiger partial charge in [0.2, 0.25) is 0 Å². The van der Waals surface area contributed by atoms with Crippen molar-refractivity contribution in [2.24, 2.45) is 0 Å². The van der Waals surface area contributed by atoms with Crippen LogP contribution in [0.2, 0.25) is 0 Å². The van der Waals surface area contributed by atoms with E-state index in [4.69, 9.17) is 0 Å². The molecule has 3 heteroatoms. The van der Waals surface area contributed by atoms with E-state index in [9.17, 15) is 9.50 Å². The van der Waals surface area contributed by atoms with Gasteiger partial charge < -0.3 is 10.4 Å². The monoisotopic (exact) mass is 211 g/mol. The summed E-state index contributed by atoms with van der Waals surface area (Å²) in [6.07, 6.45) is 0.661.